The van der Waals surface area contributed by atoms with Gasteiger partial charge in [-0.25, -0.2) is 0 Å². The van der Waals surface area contributed by atoms with Gasteiger partial charge in [0, 0.05) is 5.56 Å². The number of hydrogen-bond acceptors (Lipinski definition) is 1. The van der Waals surface area contributed by atoms with E-state index in [4.69, 9.17) is 0 Å². The smallest absolute Gasteiger partial charge is 0.211 e. The summed E-state index contributed by atoms with van der Waals surface area (Å²) in [5, 5.41) is 0.813. The molecule has 86 valence electrons. The van der Waals surface area contributed by atoms with Crippen LogP contribution in [0.3, 0.4) is 0 Å². The van der Waals surface area contributed by atoms with Crippen molar-refractivity contribution in [1.82, 2.24) is 0 Å². The standard InChI is InChI=1S/C14H19OS/c1-16(13-9-5-6-10-13)11-14(15)12-7-3-2-4-8-12/h2-4,7-8,13H,5-6,9-11H2,1H3/q+1. The lowest BCUT2D eigenvalue weighted by Gasteiger charge is -2.09. The molecule has 1 aromatic rings. The number of carbonyl (C=O) groups excluding carboxylic acids is 1. The van der Waals surface area contributed by atoms with Crippen LogP contribution in [0.5, 0.6) is 0 Å². The Kier molecular flexibility index (Phi) is 4.05. The second-order valence-electron chi connectivity index (χ2n) is 4.53. The number of hydrogen-bond donors (Lipinski definition) is 0. The van der Waals surface area contributed by atoms with Crippen LogP contribution in [0.25, 0.3) is 0 Å². The number of carbonyl (C=O) groups is 1. The van der Waals surface area contributed by atoms with E-state index in [9.17, 15) is 4.79 Å². The Labute approximate surface area is 101 Å². The number of rotatable bonds is 4. The maximum absolute atomic E-state index is 12.0. The summed E-state index contributed by atoms with van der Waals surface area (Å²) in [7, 11) is 0.275. The SMILES string of the molecule is C[S+](CC(=O)c1ccccc1)C1CCCC1. The van der Waals surface area contributed by atoms with Gasteiger partial charge >= 0.3 is 0 Å². The predicted octanol–water partition coefficient (Wildman–Crippen LogP) is 3.06. The van der Waals surface area contributed by atoms with E-state index in [0.29, 0.717) is 5.78 Å². The van der Waals surface area contributed by atoms with E-state index in [0.717, 1.165) is 16.6 Å². The lowest BCUT2D eigenvalue weighted by atomic mass is 10.2. The first-order valence-electron chi connectivity index (χ1n) is 5.97. The summed E-state index contributed by atoms with van der Waals surface area (Å²) < 4.78 is 0. The van der Waals surface area contributed by atoms with Crippen LogP contribution in [-0.2, 0) is 10.9 Å². The molecule has 1 nitrogen and oxygen atoms in total. The van der Waals surface area contributed by atoms with Gasteiger partial charge < -0.3 is 0 Å². The Morgan fingerprint density at radius 3 is 2.50 bits per heavy atom. The molecule has 0 aliphatic heterocycles. The molecule has 1 fully saturated rings. The molecule has 0 spiro atoms. The quantitative estimate of drug-likeness (QED) is 0.579. The molecule has 2 heteroatoms. The summed E-state index contributed by atoms with van der Waals surface area (Å²) in [4.78, 5) is 12.0. The molecular weight excluding hydrogens is 216 g/mol. The second-order valence-corrected chi connectivity index (χ2v) is 6.87. The van der Waals surface area contributed by atoms with Crippen LogP contribution in [0.15, 0.2) is 30.3 Å². The molecule has 0 heterocycles. The van der Waals surface area contributed by atoms with Crippen LogP contribution in [0, 0.1) is 0 Å². The molecule has 2 rings (SSSR count). The van der Waals surface area contributed by atoms with Gasteiger partial charge in [0.2, 0.25) is 5.78 Å². The van der Waals surface area contributed by atoms with Crippen LogP contribution in [-0.4, -0.2) is 23.0 Å². The van der Waals surface area contributed by atoms with Gasteiger partial charge in [-0.2, -0.15) is 0 Å². The zero-order valence-corrected chi connectivity index (χ0v) is 10.6. The molecule has 0 aromatic heterocycles. The second kappa shape index (κ2) is 5.53. The Bertz CT molecular complexity index is 341. The average molecular weight is 235 g/mol. The average Bonchev–Trinajstić information content (AvgIpc) is 2.83. The van der Waals surface area contributed by atoms with E-state index in [2.05, 4.69) is 6.26 Å². The van der Waals surface area contributed by atoms with Crippen molar-refractivity contribution in [3.63, 3.8) is 0 Å². The minimum atomic E-state index is 0.275. The summed E-state index contributed by atoms with van der Waals surface area (Å²) >= 11 is 0. The Balaban J connectivity index is 1.92. The molecule has 0 saturated heterocycles. The summed E-state index contributed by atoms with van der Waals surface area (Å²) in [6, 6.07) is 9.69. The summed E-state index contributed by atoms with van der Waals surface area (Å²) in [5.74, 6) is 1.06. The molecule has 1 aliphatic rings. The van der Waals surface area contributed by atoms with E-state index < -0.39 is 0 Å². The lowest BCUT2D eigenvalue weighted by molar-refractivity contribution is 0.102. The maximum atomic E-state index is 12.0. The number of Topliss-reactive ketones (excluding diaryl/α,β-unsaturated/α-hetero) is 1. The molecule has 16 heavy (non-hydrogen) atoms. The third-order valence-corrected chi connectivity index (χ3v) is 5.65. The Morgan fingerprint density at radius 1 is 1.25 bits per heavy atom. The van der Waals surface area contributed by atoms with Gasteiger partial charge in [0.1, 0.15) is 5.25 Å². The molecule has 0 bridgehead atoms. The molecule has 1 aromatic carbocycles. The van der Waals surface area contributed by atoms with Gasteiger partial charge in [0.15, 0.2) is 5.75 Å². The highest BCUT2D eigenvalue weighted by atomic mass is 32.2. The van der Waals surface area contributed by atoms with Gasteiger partial charge in [-0.3, -0.25) is 4.79 Å². The Hall–Kier alpha value is -0.760. The molecule has 0 N–H and O–H groups in total. The highest BCUT2D eigenvalue weighted by Crippen LogP contribution is 2.25. The van der Waals surface area contributed by atoms with Crippen LogP contribution in [0.2, 0.25) is 0 Å². The predicted molar refractivity (Wildman–Crippen MR) is 71.2 cm³/mol. The first kappa shape index (κ1) is 11.7. The van der Waals surface area contributed by atoms with Crippen molar-refractivity contribution in [2.24, 2.45) is 0 Å². The molecule has 0 radical (unpaired) electrons. The zero-order valence-electron chi connectivity index (χ0n) is 9.82. The van der Waals surface area contributed by atoms with Crippen molar-refractivity contribution in [1.29, 1.82) is 0 Å². The summed E-state index contributed by atoms with van der Waals surface area (Å²) in [6.45, 7) is 0. The number of ketones is 1. The van der Waals surface area contributed by atoms with Gasteiger partial charge in [-0.15, -0.1) is 0 Å². The molecule has 1 atom stereocenters. The van der Waals surface area contributed by atoms with Crippen molar-refractivity contribution in [3.8, 4) is 0 Å². The fraction of sp³-hybridized carbons (Fsp3) is 0.500. The third-order valence-electron chi connectivity index (χ3n) is 3.33. The van der Waals surface area contributed by atoms with E-state index in [1.807, 2.05) is 30.3 Å². The minimum Gasteiger partial charge on any atom is -0.289 e. The van der Waals surface area contributed by atoms with Crippen molar-refractivity contribution < 1.29 is 4.79 Å². The van der Waals surface area contributed by atoms with E-state index in [1.54, 1.807) is 0 Å². The maximum Gasteiger partial charge on any atom is 0.211 e. The molecular formula is C14H19OS+. The van der Waals surface area contributed by atoms with Crippen molar-refractivity contribution in [2.75, 3.05) is 12.0 Å². The molecule has 1 aliphatic carbocycles. The van der Waals surface area contributed by atoms with E-state index in [-0.39, 0.29) is 10.9 Å². The highest BCUT2D eigenvalue weighted by Gasteiger charge is 2.31. The fourth-order valence-electron chi connectivity index (χ4n) is 2.32. The van der Waals surface area contributed by atoms with Crippen LogP contribution >= 0.6 is 0 Å². The minimum absolute atomic E-state index is 0.275. The fourth-order valence-corrected chi connectivity index (χ4v) is 4.28. The molecule has 1 saturated carbocycles. The third kappa shape index (κ3) is 2.88. The Morgan fingerprint density at radius 2 is 1.88 bits per heavy atom. The first-order valence-corrected chi connectivity index (χ1v) is 7.83. The van der Waals surface area contributed by atoms with Crippen LogP contribution in [0.4, 0.5) is 0 Å². The zero-order chi connectivity index (χ0) is 11.4. The van der Waals surface area contributed by atoms with Crippen molar-refractivity contribution in [3.05, 3.63) is 35.9 Å². The monoisotopic (exact) mass is 235 g/mol. The first-order chi connectivity index (χ1) is 7.77. The summed E-state index contributed by atoms with van der Waals surface area (Å²) in [6.07, 6.45) is 7.66. The molecule has 1 unspecified atom stereocenters. The highest BCUT2D eigenvalue weighted by molar-refractivity contribution is 7.97. The van der Waals surface area contributed by atoms with Crippen molar-refractivity contribution in [2.45, 2.75) is 30.9 Å². The van der Waals surface area contributed by atoms with Gasteiger partial charge in [0.25, 0.3) is 0 Å². The van der Waals surface area contributed by atoms with Gasteiger partial charge in [0.05, 0.1) is 6.26 Å². The van der Waals surface area contributed by atoms with Crippen LogP contribution < -0.4 is 0 Å². The largest absolute Gasteiger partial charge is 0.289 e. The van der Waals surface area contributed by atoms with Crippen molar-refractivity contribution >= 4 is 16.7 Å². The number of benzene rings is 1. The molecule has 0 amide bonds. The van der Waals surface area contributed by atoms with E-state index in [1.165, 1.54) is 25.7 Å². The van der Waals surface area contributed by atoms with Gasteiger partial charge in [-0.1, -0.05) is 30.3 Å². The summed E-state index contributed by atoms with van der Waals surface area (Å²) in [5.41, 5.74) is 0.875. The normalized spacial score (nSPS) is 18.6. The lowest BCUT2D eigenvalue weighted by Crippen LogP contribution is -2.25. The van der Waals surface area contributed by atoms with E-state index >= 15 is 0 Å². The topological polar surface area (TPSA) is 17.1 Å². The van der Waals surface area contributed by atoms with Gasteiger partial charge in [-0.05, 0) is 36.6 Å². The van der Waals surface area contributed by atoms with Crippen LogP contribution in [0.1, 0.15) is 36.0 Å².